The summed E-state index contributed by atoms with van der Waals surface area (Å²) in [5.41, 5.74) is 0.823. The lowest BCUT2D eigenvalue weighted by molar-refractivity contribution is 0.0286. The average molecular weight is 350 g/mol. The van der Waals surface area contributed by atoms with Crippen molar-refractivity contribution in [3.8, 4) is 11.5 Å². The van der Waals surface area contributed by atoms with Gasteiger partial charge in [-0.1, -0.05) is 36.4 Å². The largest absolute Gasteiger partial charge is 0.448 e. The quantitative estimate of drug-likeness (QED) is 0.491. The average Bonchev–Trinajstić information content (AvgIpc) is 3.29. The van der Waals surface area contributed by atoms with Crippen molar-refractivity contribution >= 4 is 27.4 Å². The van der Waals surface area contributed by atoms with Gasteiger partial charge >= 0.3 is 5.97 Å². The van der Waals surface area contributed by atoms with Crippen LogP contribution in [0.5, 0.6) is 0 Å². The highest BCUT2D eigenvalue weighted by Crippen LogP contribution is 2.28. The number of esters is 1. The number of rotatable bonds is 4. The molecule has 5 nitrogen and oxygen atoms in total. The number of aromatic nitrogens is 2. The summed E-state index contributed by atoms with van der Waals surface area (Å²) in [5, 5.41) is 9.03. The van der Waals surface area contributed by atoms with Crippen LogP contribution in [0.15, 0.2) is 65.1 Å². The van der Waals surface area contributed by atoms with E-state index < -0.39 is 12.1 Å². The minimum Gasteiger partial charge on any atom is -0.448 e. The van der Waals surface area contributed by atoms with E-state index in [2.05, 4.69) is 10.2 Å². The summed E-state index contributed by atoms with van der Waals surface area (Å²) in [6, 6.07) is 19.1. The number of carbonyl (C=O) groups is 1. The van der Waals surface area contributed by atoms with Crippen molar-refractivity contribution in [2.75, 3.05) is 0 Å². The first-order valence-electron chi connectivity index (χ1n) is 7.79. The Morgan fingerprint density at radius 1 is 1.08 bits per heavy atom. The SMILES string of the molecule is C[C@H](OC(=O)c1cc2ccccc2s1)c1nnc(-c2ccccc2)o1. The summed E-state index contributed by atoms with van der Waals surface area (Å²) in [4.78, 5) is 12.9. The van der Waals surface area contributed by atoms with Crippen LogP contribution in [0.4, 0.5) is 0 Å². The Hall–Kier alpha value is -2.99. The predicted molar refractivity (Wildman–Crippen MR) is 95.4 cm³/mol. The minimum absolute atomic E-state index is 0.272. The Kier molecular flexibility index (Phi) is 4.03. The Morgan fingerprint density at radius 2 is 1.84 bits per heavy atom. The summed E-state index contributed by atoms with van der Waals surface area (Å²) in [6.07, 6.45) is -0.623. The van der Waals surface area contributed by atoms with Crippen LogP contribution in [-0.2, 0) is 4.74 Å². The molecular formula is C19H14N2O3S. The zero-order chi connectivity index (χ0) is 17.2. The lowest BCUT2D eigenvalue weighted by Crippen LogP contribution is -2.08. The lowest BCUT2D eigenvalue weighted by atomic mass is 10.2. The van der Waals surface area contributed by atoms with Gasteiger partial charge in [0, 0.05) is 10.3 Å². The number of hydrogen-bond donors (Lipinski definition) is 0. The maximum absolute atomic E-state index is 12.4. The van der Waals surface area contributed by atoms with Gasteiger partial charge in [0.25, 0.3) is 5.89 Å². The van der Waals surface area contributed by atoms with Crippen molar-refractivity contribution in [1.29, 1.82) is 0 Å². The topological polar surface area (TPSA) is 65.2 Å². The Bertz CT molecular complexity index is 990. The second-order valence-electron chi connectivity index (χ2n) is 5.51. The number of nitrogens with zero attached hydrogens (tertiary/aromatic N) is 2. The monoisotopic (exact) mass is 350 g/mol. The molecule has 4 aromatic rings. The fourth-order valence-electron chi connectivity index (χ4n) is 2.45. The Labute approximate surface area is 147 Å². The first-order valence-corrected chi connectivity index (χ1v) is 8.61. The number of fused-ring (bicyclic) bond motifs is 1. The van der Waals surface area contributed by atoms with Gasteiger partial charge in [-0.2, -0.15) is 0 Å². The summed E-state index contributed by atoms with van der Waals surface area (Å²) in [6.45, 7) is 1.72. The number of benzene rings is 2. The van der Waals surface area contributed by atoms with Crippen molar-refractivity contribution in [3.63, 3.8) is 0 Å². The minimum atomic E-state index is -0.623. The van der Waals surface area contributed by atoms with E-state index in [9.17, 15) is 4.79 Å². The van der Waals surface area contributed by atoms with E-state index in [0.717, 1.165) is 15.6 Å². The summed E-state index contributed by atoms with van der Waals surface area (Å²) in [7, 11) is 0. The van der Waals surface area contributed by atoms with Crippen LogP contribution in [0.1, 0.15) is 28.6 Å². The highest BCUT2D eigenvalue weighted by molar-refractivity contribution is 7.20. The van der Waals surface area contributed by atoms with Gasteiger partial charge in [-0.3, -0.25) is 0 Å². The highest BCUT2D eigenvalue weighted by Gasteiger charge is 2.21. The van der Waals surface area contributed by atoms with E-state index in [1.165, 1.54) is 11.3 Å². The molecule has 0 aliphatic heterocycles. The number of ether oxygens (including phenoxy) is 1. The fraction of sp³-hybridized carbons (Fsp3) is 0.105. The molecule has 124 valence electrons. The summed E-state index contributed by atoms with van der Waals surface area (Å²) in [5.74, 6) is 0.279. The van der Waals surface area contributed by atoms with Crippen LogP contribution in [0.3, 0.4) is 0 Å². The van der Waals surface area contributed by atoms with E-state index in [1.54, 1.807) is 6.92 Å². The van der Waals surface area contributed by atoms with Crippen LogP contribution in [-0.4, -0.2) is 16.2 Å². The van der Waals surface area contributed by atoms with Gasteiger partial charge in [-0.05, 0) is 36.6 Å². The molecule has 2 aromatic carbocycles. The second kappa shape index (κ2) is 6.49. The Morgan fingerprint density at radius 3 is 2.64 bits per heavy atom. The van der Waals surface area contributed by atoms with Crippen LogP contribution in [0, 0.1) is 0 Å². The molecule has 0 radical (unpaired) electrons. The van der Waals surface area contributed by atoms with E-state index in [4.69, 9.17) is 9.15 Å². The third-order valence-corrected chi connectivity index (χ3v) is 4.82. The molecule has 0 fully saturated rings. The molecule has 0 unspecified atom stereocenters. The normalized spacial score (nSPS) is 12.2. The van der Waals surface area contributed by atoms with Crippen molar-refractivity contribution < 1.29 is 13.9 Å². The standard InChI is InChI=1S/C19H14N2O3S/c1-12(17-20-21-18(24-17)13-7-3-2-4-8-13)23-19(22)16-11-14-9-5-6-10-15(14)25-16/h2-12H,1H3/t12-/m0/s1. The van der Waals surface area contributed by atoms with Crippen LogP contribution in [0.2, 0.25) is 0 Å². The molecule has 6 heteroatoms. The molecule has 1 atom stereocenters. The first-order chi connectivity index (χ1) is 12.2. The number of carbonyl (C=O) groups excluding carboxylic acids is 1. The van der Waals surface area contributed by atoms with E-state index in [1.807, 2.05) is 60.7 Å². The van der Waals surface area contributed by atoms with E-state index in [0.29, 0.717) is 10.8 Å². The van der Waals surface area contributed by atoms with Gasteiger partial charge in [0.1, 0.15) is 4.88 Å². The van der Waals surface area contributed by atoms with Crippen LogP contribution < -0.4 is 0 Å². The van der Waals surface area contributed by atoms with Gasteiger partial charge in [-0.25, -0.2) is 4.79 Å². The molecule has 0 saturated heterocycles. The van der Waals surface area contributed by atoms with Gasteiger partial charge in [0.05, 0.1) is 0 Å². The molecular weight excluding hydrogens is 336 g/mol. The summed E-state index contributed by atoms with van der Waals surface area (Å²) < 4.78 is 12.2. The zero-order valence-corrected chi connectivity index (χ0v) is 14.2. The molecule has 0 amide bonds. The van der Waals surface area contributed by atoms with Crippen molar-refractivity contribution in [2.24, 2.45) is 0 Å². The molecule has 0 saturated carbocycles. The zero-order valence-electron chi connectivity index (χ0n) is 13.4. The first kappa shape index (κ1) is 15.5. The van der Waals surface area contributed by atoms with Gasteiger partial charge in [-0.15, -0.1) is 21.5 Å². The van der Waals surface area contributed by atoms with Crippen molar-refractivity contribution in [1.82, 2.24) is 10.2 Å². The van der Waals surface area contributed by atoms with Gasteiger partial charge in [0.15, 0.2) is 6.10 Å². The van der Waals surface area contributed by atoms with Crippen molar-refractivity contribution in [3.05, 3.63) is 71.4 Å². The maximum Gasteiger partial charge on any atom is 0.349 e. The van der Waals surface area contributed by atoms with Crippen LogP contribution in [0.25, 0.3) is 21.5 Å². The Balaban J connectivity index is 1.50. The third kappa shape index (κ3) is 3.16. The van der Waals surface area contributed by atoms with Crippen molar-refractivity contribution in [2.45, 2.75) is 13.0 Å². The summed E-state index contributed by atoms with van der Waals surface area (Å²) >= 11 is 1.40. The van der Waals surface area contributed by atoms with E-state index in [-0.39, 0.29) is 5.89 Å². The van der Waals surface area contributed by atoms with Gasteiger partial charge < -0.3 is 9.15 Å². The van der Waals surface area contributed by atoms with Gasteiger partial charge in [0.2, 0.25) is 5.89 Å². The molecule has 0 aliphatic carbocycles. The molecule has 0 aliphatic rings. The predicted octanol–water partition coefficient (Wildman–Crippen LogP) is 4.87. The molecule has 0 bridgehead atoms. The molecule has 25 heavy (non-hydrogen) atoms. The lowest BCUT2D eigenvalue weighted by Gasteiger charge is -2.07. The molecule has 0 N–H and O–H groups in total. The maximum atomic E-state index is 12.4. The molecule has 4 rings (SSSR count). The number of thiophene rings is 1. The smallest absolute Gasteiger partial charge is 0.349 e. The highest BCUT2D eigenvalue weighted by atomic mass is 32.1. The van der Waals surface area contributed by atoms with Crippen LogP contribution >= 0.6 is 11.3 Å². The third-order valence-electron chi connectivity index (χ3n) is 3.72. The molecule has 0 spiro atoms. The second-order valence-corrected chi connectivity index (χ2v) is 6.59. The number of hydrogen-bond acceptors (Lipinski definition) is 6. The fourth-order valence-corrected chi connectivity index (χ4v) is 3.39. The van der Waals surface area contributed by atoms with E-state index >= 15 is 0 Å². The molecule has 2 aromatic heterocycles. The molecule has 2 heterocycles.